The first-order valence-electron chi connectivity index (χ1n) is 16.3. The van der Waals surface area contributed by atoms with Gasteiger partial charge in [-0.25, -0.2) is 9.97 Å². The third-order valence-electron chi connectivity index (χ3n) is 9.52. The zero-order valence-corrected chi connectivity index (χ0v) is 26.0. The lowest BCUT2D eigenvalue weighted by atomic mass is 10.00. The molecule has 4 heteroatoms. The number of fused-ring (bicyclic) bond motifs is 8. The Kier molecular flexibility index (Phi) is 5.84. The topological polar surface area (TPSA) is 35.6 Å². The summed E-state index contributed by atoms with van der Waals surface area (Å²) >= 11 is 0. The summed E-state index contributed by atoms with van der Waals surface area (Å²) in [5, 5.41) is 5.87. The Morgan fingerprint density at radius 2 is 0.896 bits per heavy atom. The highest BCUT2D eigenvalue weighted by Gasteiger charge is 2.22. The van der Waals surface area contributed by atoms with Crippen LogP contribution in [0.25, 0.3) is 88.5 Å². The van der Waals surface area contributed by atoms with Crippen LogP contribution in [-0.4, -0.2) is 19.1 Å². The van der Waals surface area contributed by atoms with E-state index >= 15 is 0 Å². The predicted molar refractivity (Wildman–Crippen MR) is 199 cm³/mol. The summed E-state index contributed by atoms with van der Waals surface area (Å²) in [4.78, 5) is 10.6. The van der Waals surface area contributed by atoms with E-state index in [1.54, 1.807) is 0 Å². The van der Waals surface area contributed by atoms with Crippen LogP contribution < -0.4 is 0 Å². The zero-order chi connectivity index (χ0) is 31.6. The lowest BCUT2D eigenvalue weighted by molar-refractivity contribution is 1.01. The van der Waals surface area contributed by atoms with E-state index in [0.717, 1.165) is 44.4 Å². The van der Waals surface area contributed by atoms with Gasteiger partial charge >= 0.3 is 0 Å². The standard InChI is InChI=1S/C44H28N4/c1-3-14-29(15-4-1)30-16-13-17-31(28-30)43-33-20-7-10-23-36(33)45-44(46-43)48-38-25-12-9-22-35(38)42-40(48)27-26-39-41(42)34-21-8-11-24-37(34)47(39)32-18-5-2-6-19-32/h1-28H. The number of aromatic nitrogens is 4. The molecule has 0 radical (unpaired) electrons. The van der Waals surface area contributed by atoms with Crippen molar-refractivity contribution in [1.29, 1.82) is 0 Å². The van der Waals surface area contributed by atoms with Crippen molar-refractivity contribution >= 4 is 54.5 Å². The van der Waals surface area contributed by atoms with Gasteiger partial charge < -0.3 is 4.57 Å². The van der Waals surface area contributed by atoms with E-state index in [1.807, 2.05) is 0 Å². The fraction of sp³-hybridized carbons (Fsp3) is 0. The molecule has 0 spiro atoms. The maximum atomic E-state index is 5.39. The first-order valence-corrected chi connectivity index (χ1v) is 16.3. The quantitative estimate of drug-likeness (QED) is 0.198. The number of para-hydroxylation sites is 4. The van der Waals surface area contributed by atoms with E-state index in [1.165, 1.54) is 38.1 Å². The number of hydrogen-bond acceptors (Lipinski definition) is 2. The Morgan fingerprint density at radius 1 is 0.354 bits per heavy atom. The molecule has 224 valence electrons. The largest absolute Gasteiger partial charge is 0.309 e. The summed E-state index contributed by atoms with van der Waals surface area (Å²) in [6, 6.07) is 60.0. The molecule has 0 atom stereocenters. The third kappa shape index (κ3) is 3.96. The molecule has 48 heavy (non-hydrogen) atoms. The maximum Gasteiger partial charge on any atom is 0.235 e. The Morgan fingerprint density at radius 3 is 1.62 bits per heavy atom. The van der Waals surface area contributed by atoms with Crippen LogP contribution in [0.1, 0.15) is 0 Å². The number of benzene rings is 7. The van der Waals surface area contributed by atoms with E-state index in [0.29, 0.717) is 5.95 Å². The molecular weight excluding hydrogens is 585 g/mol. The minimum absolute atomic E-state index is 0.658. The monoisotopic (exact) mass is 612 g/mol. The van der Waals surface area contributed by atoms with Crippen LogP contribution >= 0.6 is 0 Å². The van der Waals surface area contributed by atoms with Gasteiger partial charge in [0, 0.05) is 38.2 Å². The van der Waals surface area contributed by atoms with Crippen LogP contribution in [0.3, 0.4) is 0 Å². The molecular formula is C44H28N4. The molecule has 0 saturated carbocycles. The van der Waals surface area contributed by atoms with E-state index in [4.69, 9.17) is 9.97 Å². The highest BCUT2D eigenvalue weighted by molar-refractivity contribution is 6.28. The molecule has 0 fully saturated rings. The molecule has 10 aromatic rings. The summed E-state index contributed by atoms with van der Waals surface area (Å²) in [6.07, 6.45) is 0. The SMILES string of the molecule is c1ccc(-c2cccc(-c3nc(-n4c5ccccc5c5c6c7ccccc7n(-c7ccccc7)c6ccc54)nc4ccccc34)c2)cc1. The summed E-state index contributed by atoms with van der Waals surface area (Å²) in [6.45, 7) is 0. The van der Waals surface area contributed by atoms with Gasteiger partial charge in [-0.1, -0.05) is 121 Å². The van der Waals surface area contributed by atoms with E-state index in [2.05, 4.69) is 179 Å². The van der Waals surface area contributed by atoms with Gasteiger partial charge in [-0.05, 0) is 59.7 Å². The molecule has 10 rings (SSSR count). The highest BCUT2D eigenvalue weighted by atomic mass is 15.2. The predicted octanol–water partition coefficient (Wildman–Crippen LogP) is 11.2. The minimum Gasteiger partial charge on any atom is -0.309 e. The zero-order valence-electron chi connectivity index (χ0n) is 26.0. The van der Waals surface area contributed by atoms with Crippen LogP contribution in [0.4, 0.5) is 0 Å². The number of rotatable bonds is 4. The molecule has 3 heterocycles. The number of hydrogen-bond donors (Lipinski definition) is 0. The molecule has 0 amide bonds. The minimum atomic E-state index is 0.658. The lowest BCUT2D eigenvalue weighted by Gasteiger charge is -2.13. The molecule has 4 nitrogen and oxygen atoms in total. The van der Waals surface area contributed by atoms with Crippen molar-refractivity contribution in [1.82, 2.24) is 19.1 Å². The van der Waals surface area contributed by atoms with Gasteiger partial charge in [0.25, 0.3) is 0 Å². The van der Waals surface area contributed by atoms with Crippen LogP contribution in [0.5, 0.6) is 0 Å². The molecule has 7 aromatic carbocycles. The Balaban J connectivity index is 1.29. The van der Waals surface area contributed by atoms with Crippen molar-refractivity contribution in [2.45, 2.75) is 0 Å². The second-order valence-corrected chi connectivity index (χ2v) is 12.2. The third-order valence-corrected chi connectivity index (χ3v) is 9.52. The van der Waals surface area contributed by atoms with Crippen LogP contribution in [0.2, 0.25) is 0 Å². The lowest BCUT2D eigenvalue weighted by Crippen LogP contribution is -2.03. The van der Waals surface area contributed by atoms with Crippen molar-refractivity contribution in [3.63, 3.8) is 0 Å². The molecule has 0 aliphatic carbocycles. The van der Waals surface area contributed by atoms with Gasteiger partial charge in [-0.15, -0.1) is 0 Å². The van der Waals surface area contributed by atoms with Gasteiger partial charge in [0.15, 0.2) is 0 Å². The van der Waals surface area contributed by atoms with Crippen molar-refractivity contribution in [2.24, 2.45) is 0 Å². The normalized spacial score (nSPS) is 11.8. The molecule has 0 N–H and O–H groups in total. The Bertz CT molecular complexity index is 2830. The van der Waals surface area contributed by atoms with Gasteiger partial charge in [0.2, 0.25) is 5.95 Å². The number of nitrogens with zero attached hydrogens (tertiary/aromatic N) is 4. The average Bonchev–Trinajstić information content (AvgIpc) is 3.68. The van der Waals surface area contributed by atoms with Crippen molar-refractivity contribution < 1.29 is 0 Å². The Hall–Kier alpha value is -6.52. The summed E-state index contributed by atoms with van der Waals surface area (Å²) < 4.78 is 4.62. The van der Waals surface area contributed by atoms with Gasteiger partial charge in [-0.3, -0.25) is 4.57 Å². The molecule has 0 unspecified atom stereocenters. The molecule has 3 aromatic heterocycles. The van der Waals surface area contributed by atoms with Gasteiger partial charge in [0.1, 0.15) is 0 Å². The first kappa shape index (κ1) is 26.7. The highest BCUT2D eigenvalue weighted by Crippen LogP contribution is 2.42. The fourth-order valence-electron chi connectivity index (χ4n) is 7.45. The van der Waals surface area contributed by atoms with E-state index in [-0.39, 0.29) is 0 Å². The van der Waals surface area contributed by atoms with E-state index < -0.39 is 0 Å². The van der Waals surface area contributed by atoms with E-state index in [9.17, 15) is 0 Å². The summed E-state index contributed by atoms with van der Waals surface area (Å²) in [7, 11) is 0. The van der Waals surface area contributed by atoms with Crippen molar-refractivity contribution in [3.8, 4) is 34.0 Å². The molecule has 0 saturated heterocycles. The fourth-order valence-corrected chi connectivity index (χ4v) is 7.45. The van der Waals surface area contributed by atoms with Crippen LogP contribution in [-0.2, 0) is 0 Å². The van der Waals surface area contributed by atoms with Crippen molar-refractivity contribution in [3.05, 3.63) is 170 Å². The average molecular weight is 613 g/mol. The molecule has 0 aliphatic heterocycles. The molecule has 0 aliphatic rings. The maximum absolute atomic E-state index is 5.39. The second-order valence-electron chi connectivity index (χ2n) is 12.2. The summed E-state index contributed by atoms with van der Waals surface area (Å²) in [5.41, 5.74) is 10.9. The van der Waals surface area contributed by atoms with Crippen molar-refractivity contribution in [2.75, 3.05) is 0 Å². The Labute approximate surface area is 276 Å². The molecule has 0 bridgehead atoms. The van der Waals surface area contributed by atoms with Crippen LogP contribution in [0, 0.1) is 0 Å². The first-order chi connectivity index (χ1) is 23.8. The van der Waals surface area contributed by atoms with Gasteiger partial charge in [-0.2, -0.15) is 0 Å². The second kappa shape index (κ2) is 10.5. The smallest absolute Gasteiger partial charge is 0.235 e. The van der Waals surface area contributed by atoms with Crippen LogP contribution in [0.15, 0.2) is 170 Å². The summed E-state index contributed by atoms with van der Waals surface area (Å²) in [5.74, 6) is 0.658. The van der Waals surface area contributed by atoms with Gasteiger partial charge in [0.05, 0.1) is 33.3 Å².